The van der Waals surface area contributed by atoms with E-state index in [0.29, 0.717) is 44.0 Å². The zero-order valence-corrected chi connectivity index (χ0v) is 13.9. The maximum atomic E-state index is 12.8. The molecule has 1 saturated heterocycles. The van der Waals surface area contributed by atoms with Crippen LogP contribution in [0.25, 0.3) is 10.9 Å². The average Bonchev–Trinajstić information content (AvgIpc) is 2.61. The Balaban J connectivity index is 1.74. The summed E-state index contributed by atoms with van der Waals surface area (Å²) in [6.45, 7) is 5.90. The van der Waals surface area contributed by atoms with Crippen LogP contribution in [-0.2, 0) is 4.74 Å². The molecule has 2 aromatic rings. The molecular weight excluding hydrogens is 308 g/mol. The van der Waals surface area contributed by atoms with Gasteiger partial charge in [-0.3, -0.25) is 14.8 Å². The number of amides is 2. The molecule has 0 spiro atoms. The van der Waals surface area contributed by atoms with E-state index in [1.54, 1.807) is 29.1 Å². The number of hydrogen-bond donors (Lipinski definition) is 0. The van der Waals surface area contributed by atoms with E-state index in [1.807, 2.05) is 19.1 Å². The first-order valence-corrected chi connectivity index (χ1v) is 8.02. The first-order chi connectivity index (χ1) is 11.6. The number of nitrogens with zero attached hydrogens (tertiary/aromatic N) is 4. The summed E-state index contributed by atoms with van der Waals surface area (Å²) >= 11 is 0. The minimum atomic E-state index is -0.320. The largest absolute Gasteiger partial charge is 0.450 e. The van der Waals surface area contributed by atoms with Gasteiger partial charge in [0, 0.05) is 44.0 Å². The topological polar surface area (TPSA) is 75.6 Å². The summed E-state index contributed by atoms with van der Waals surface area (Å²) in [5.41, 5.74) is 2.11. The summed E-state index contributed by atoms with van der Waals surface area (Å²) in [6.07, 6.45) is 3.07. The van der Waals surface area contributed by atoms with Crippen molar-refractivity contribution in [2.75, 3.05) is 32.8 Å². The van der Waals surface area contributed by atoms with E-state index in [2.05, 4.69) is 9.97 Å². The van der Waals surface area contributed by atoms with Crippen molar-refractivity contribution in [3.63, 3.8) is 0 Å². The maximum absolute atomic E-state index is 12.8. The van der Waals surface area contributed by atoms with Crippen molar-refractivity contribution < 1.29 is 14.3 Å². The zero-order valence-electron chi connectivity index (χ0n) is 13.9. The van der Waals surface area contributed by atoms with Crippen LogP contribution in [0.1, 0.15) is 23.0 Å². The van der Waals surface area contributed by atoms with Gasteiger partial charge >= 0.3 is 6.09 Å². The van der Waals surface area contributed by atoms with Gasteiger partial charge in [-0.1, -0.05) is 0 Å². The number of aryl methyl sites for hydroxylation is 1. The molecule has 7 nitrogen and oxygen atoms in total. The van der Waals surface area contributed by atoms with E-state index in [1.165, 1.54) is 0 Å². The molecule has 0 aromatic carbocycles. The second-order valence-corrected chi connectivity index (χ2v) is 5.67. The lowest BCUT2D eigenvalue weighted by molar-refractivity contribution is 0.0569. The van der Waals surface area contributed by atoms with Crippen LogP contribution in [0.15, 0.2) is 24.5 Å². The number of piperazine rings is 1. The Morgan fingerprint density at radius 1 is 1.21 bits per heavy atom. The Morgan fingerprint density at radius 2 is 1.92 bits per heavy atom. The number of carbonyl (C=O) groups is 2. The van der Waals surface area contributed by atoms with Crippen LogP contribution in [0.4, 0.5) is 4.79 Å². The highest BCUT2D eigenvalue weighted by atomic mass is 16.6. The highest BCUT2D eigenvalue weighted by molar-refractivity contribution is 5.98. The van der Waals surface area contributed by atoms with Crippen molar-refractivity contribution >= 4 is 22.9 Å². The Labute approximate surface area is 140 Å². The van der Waals surface area contributed by atoms with E-state index < -0.39 is 0 Å². The van der Waals surface area contributed by atoms with Crippen LogP contribution in [0.2, 0.25) is 0 Å². The minimum Gasteiger partial charge on any atom is -0.450 e. The molecule has 0 radical (unpaired) electrons. The van der Waals surface area contributed by atoms with E-state index in [0.717, 1.165) is 10.9 Å². The number of ether oxygens (including phenoxy) is 1. The molecule has 1 aliphatic heterocycles. The molecule has 0 unspecified atom stereocenters. The standard InChI is InChI=1S/C17H20N4O3/c1-3-24-17(23)21-8-6-20(7-9-21)16(22)14-10-13-11-18-5-4-15(13)19-12(14)2/h4-5,10-11H,3,6-9H2,1-2H3. The molecule has 126 valence electrons. The van der Waals surface area contributed by atoms with Crippen molar-refractivity contribution in [3.8, 4) is 0 Å². The van der Waals surface area contributed by atoms with E-state index >= 15 is 0 Å². The first kappa shape index (κ1) is 16.2. The second kappa shape index (κ2) is 6.82. The molecule has 0 atom stereocenters. The Morgan fingerprint density at radius 3 is 2.62 bits per heavy atom. The SMILES string of the molecule is CCOC(=O)N1CCN(C(=O)c2cc3cnccc3nc2C)CC1. The molecule has 1 fully saturated rings. The van der Waals surface area contributed by atoms with Gasteiger partial charge in [-0.2, -0.15) is 0 Å². The molecule has 3 heterocycles. The van der Waals surface area contributed by atoms with Crippen LogP contribution >= 0.6 is 0 Å². The number of rotatable bonds is 2. The summed E-state index contributed by atoms with van der Waals surface area (Å²) in [5, 5.41) is 0.844. The Kier molecular flexibility index (Phi) is 4.59. The molecule has 2 aromatic heterocycles. The van der Waals surface area contributed by atoms with Gasteiger partial charge in [-0.15, -0.1) is 0 Å². The second-order valence-electron chi connectivity index (χ2n) is 5.67. The van der Waals surface area contributed by atoms with E-state index in [-0.39, 0.29) is 12.0 Å². The molecule has 0 saturated carbocycles. The van der Waals surface area contributed by atoms with Crippen molar-refractivity contribution in [3.05, 3.63) is 35.8 Å². The third-order valence-corrected chi connectivity index (χ3v) is 4.13. The van der Waals surface area contributed by atoms with Gasteiger partial charge in [0.25, 0.3) is 5.91 Å². The van der Waals surface area contributed by atoms with E-state index in [9.17, 15) is 9.59 Å². The summed E-state index contributed by atoms with van der Waals surface area (Å²) in [5.74, 6) is -0.0609. The Bertz CT molecular complexity index is 770. The van der Waals surface area contributed by atoms with Gasteiger partial charge in [-0.25, -0.2) is 4.79 Å². The van der Waals surface area contributed by atoms with Crippen LogP contribution in [0, 0.1) is 6.92 Å². The number of hydrogen-bond acceptors (Lipinski definition) is 5. The molecule has 2 amide bonds. The third kappa shape index (κ3) is 3.15. The van der Waals surface area contributed by atoms with Gasteiger partial charge in [0.2, 0.25) is 0 Å². The van der Waals surface area contributed by atoms with Gasteiger partial charge in [0.1, 0.15) is 0 Å². The highest BCUT2D eigenvalue weighted by Crippen LogP contribution is 2.18. The molecular formula is C17H20N4O3. The molecule has 0 N–H and O–H groups in total. The molecule has 1 aliphatic rings. The van der Waals surface area contributed by atoms with Crippen molar-refractivity contribution in [2.45, 2.75) is 13.8 Å². The van der Waals surface area contributed by atoms with Crippen molar-refractivity contribution in [2.24, 2.45) is 0 Å². The number of carbonyl (C=O) groups excluding carboxylic acids is 2. The average molecular weight is 328 g/mol. The molecule has 0 aliphatic carbocycles. The summed E-state index contributed by atoms with van der Waals surface area (Å²) in [4.78, 5) is 36.5. The van der Waals surface area contributed by atoms with Crippen molar-refractivity contribution in [1.82, 2.24) is 19.8 Å². The smallest absolute Gasteiger partial charge is 0.409 e. The van der Waals surface area contributed by atoms with Gasteiger partial charge in [-0.05, 0) is 26.0 Å². The van der Waals surface area contributed by atoms with Gasteiger partial charge in [0.15, 0.2) is 0 Å². The predicted molar refractivity (Wildman–Crippen MR) is 88.8 cm³/mol. The summed E-state index contributed by atoms with van der Waals surface area (Å²) < 4.78 is 5.00. The molecule has 24 heavy (non-hydrogen) atoms. The van der Waals surface area contributed by atoms with E-state index in [4.69, 9.17) is 4.74 Å². The first-order valence-electron chi connectivity index (χ1n) is 8.02. The van der Waals surface area contributed by atoms with Crippen LogP contribution < -0.4 is 0 Å². The Hall–Kier alpha value is -2.70. The van der Waals surface area contributed by atoms with Gasteiger partial charge in [0.05, 0.1) is 23.4 Å². The molecule has 7 heteroatoms. The lowest BCUT2D eigenvalue weighted by atomic mass is 10.1. The lowest BCUT2D eigenvalue weighted by Crippen LogP contribution is -2.50. The number of pyridine rings is 2. The summed E-state index contributed by atoms with van der Waals surface area (Å²) in [7, 11) is 0. The van der Waals surface area contributed by atoms with Crippen LogP contribution in [0.5, 0.6) is 0 Å². The maximum Gasteiger partial charge on any atom is 0.409 e. The monoisotopic (exact) mass is 328 g/mol. The van der Waals surface area contributed by atoms with Crippen LogP contribution in [0.3, 0.4) is 0 Å². The quantitative estimate of drug-likeness (QED) is 0.841. The molecule has 3 rings (SSSR count). The number of aromatic nitrogens is 2. The predicted octanol–water partition coefficient (Wildman–Crippen LogP) is 1.85. The van der Waals surface area contributed by atoms with Crippen LogP contribution in [-0.4, -0.2) is 64.6 Å². The fourth-order valence-electron chi connectivity index (χ4n) is 2.81. The summed E-state index contributed by atoms with van der Waals surface area (Å²) in [6, 6.07) is 3.67. The zero-order chi connectivity index (χ0) is 17.1. The van der Waals surface area contributed by atoms with Gasteiger partial charge < -0.3 is 14.5 Å². The lowest BCUT2D eigenvalue weighted by Gasteiger charge is -2.34. The van der Waals surface area contributed by atoms with Crippen molar-refractivity contribution in [1.29, 1.82) is 0 Å². The normalized spacial score (nSPS) is 14.8. The third-order valence-electron chi connectivity index (χ3n) is 4.13. The molecule has 0 bridgehead atoms. The fraction of sp³-hybridized carbons (Fsp3) is 0.412. The fourth-order valence-corrected chi connectivity index (χ4v) is 2.81. The minimum absolute atomic E-state index is 0.0609. The highest BCUT2D eigenvalue weighted by Gasteiger charge is 2.26. The number of fused-ring (bicyclic) bond motifs is 1.